The van der Waals surface area contributed by atoms with Crippen LogP contribution in [0, 0.1) is 5.92 Å². The van der Waals surface area contributed by atoms with Crippen LogP contribution in [0.4, 0.5) is 10.5 Å². The number of unbranched alkanes of at least 4 members (excludes halogenated alkanes) is 1. The second kappa shape index (κ2) is 15.6. The number of anilines is 1. The number of nitrogens with one attached hydrogen (secondary N) is 1. The van der Waals surface area contributed by atoms with Crippen LogP contribution in [-0.2, 0) is 23.8 Å². The molecule has 2 fully saturated rings. The van der Waals surface area contributed by atoms with E-state index in [-0.39, 0.29) is 37.0 Å². The van der Waals surface area contributed by atoms with Crippen molar-refractivity contribution in [2.75, 3.05) is 39.1 Å². The molecule has 2 saturated heterocycles. The molecule has 1 aromatic rings. The SMILES string of the molecule is COC1CCCNC(C)C2C(COC(=O)C(C)C(=O)CC1)OC(=O)N2CCCCN(N)/C=C(\N)c1cccc(N)c1. The Morgan fingerprint density at radius 2 is 2.00 bits per heavy atom. The number of esters is 1. The van der Waals surface area contributed by atoms with Crippen molar-refractivity contribution in [2.24, 2.45) is 17.5 Å². The van der Waals surface area contributed by atoms with Gasteiger partial charge in [0, 0.05) is 50.1 Å². The highest BCUT2D eigenvalue weighted by atomic mass is 16.6. The Hall–Kier alpha value is -3.35. The van der Waals surface area contributed by atoms with E-state index in [0.29, 0.717) is 50.3 Å². The monoisotopic (exact) mass is 574 g/mol. The minimum Gasteiger partial charge on any atom is -0.461 e. The van der Waals surface area contributed by atoms with E-state index in [9.17, 15) is 14.4 Å². The van der Waals surface area contributed by atoms with Gasteiger partial charge in [-0.25, -0.2) is 10.6 Å². The Balaban J connectivity index is 1.61. The van der Waals surface area contributed by atoms with E-state index < -0.39 is 24.1 Å². The highest BCUT2D eigenvalue weighted by Crippen LogP contribution is 2.25. The van der Waals surface area contributed by atoms with Gasteiger partial charge in [-0.05, 0) is 64.6 Å². The molecule has 228 valence electrons. The van der Waals surface area contributed by atoms with Gasteiger partial charge in [-0.1, -0.05) is 12.1 Å². The van der Waals surface area contributed by atoms with E-state index in [1.165, 1.54) is 5.01 Å². The molecule has 0 aromatic heterocycles. The van der Waals surface area contributed by atoms with Crippen molar-refractivity contribution in [1.29, 1.82) is 0 Å². The van der Waals surface area contributed by atoms with Gasteiger partial charge < -0.3 is 36.0 Å². The van der Waals surface area contributed by atoms with E-state index in [4.69, 9.17) is 31.5 Å². The van der Waals surface area contributed by atoms with Gasteiger partial charge in [0.25, 0.3) is 0 Å². The number of hydrazine groups is 1. The maximum atomic E-state index is 12.9. The Labute approximate surface area is 242 Å². The maximum absolute atomic E-state index is 12.9. The number of ether oxygens (including phenoxy) is 3. The van der Waals surface area contributed by atoms with Crippen LogP contribution in [0.15, 0.2) is 30.5 Å². The van der Waals surface area contributed by atoms with Crippen molar-refractivity contribution in [3.8, 4) is 0 Å². The summed E-state index contributed by atoms with van der Waals surface area (Å²) in [4.78, 5) is 39.8. The zero-order chi connectivity index (χ0) is 29.9. The standard InChI is InChI=1S/C29H46N6O6/c1-19-25(36)12-11-23(39-3)10-7-13-33-20(2)27-26(18-40-28(19)37)41-29(38)35(27)15-5-4-14-34(32)17-24(31)21-8-6-9-22(30)16-21/h6,8-9,16-17,19-20,23,26-27,33H,4-5,7,10-15,18,30-32H2,1-3H3/b24-17-. The molecule has 5 atom stereocenters. The number of nitrogen functional groups attached to an aromatic ring is 1. The number of nitrogens with zero attached hydrogens (tertiary/aromatic N) is 2. The van der Waals surface area contributed by atoms with Crippen LogP contribution in [-0.4, -0.2) is 85.4 Å². The van der Waals surface area contributed by atoms with Gasteiger partial charge in [-0.15, -0.1) is 0 Å². The lowest BCUT2D eigenvalue weighted by molar-refractivity contribution is -0.154. The Morgan fingerprint density at radius 3 is 2.73 bits per heavy atom. The van der Waals surface area contributed by atoms with E-state index in [0.717, 1.165) is 18.4 Å². The van der Waals surface area contributed by atoms with Gasteiger partial charge >= 0.3 is 12.1 Å². The lowest BCUT2D eigenvalue weighted by atomic mass is 9.99. The molecule has 3 rings (SSSR count). The van der Waals surface area contributed by atoms with Gasteiger partial charge in [0.2, 0.25) is 0 Å². The zero-order valence-electron chi connectivity index (χ0n) is 24.4. The molecule has 41 heavy (non-hydrogen) atoms. The summed E-state index contributed by atoms with van der Waals surface area (Å²) < 4.78 is 16.7. The van der Waals surface area contributed by atoms with Gasteiger partial charge in [0.15, 0.2) is 6.10 Å². The van der Waals surface area contributed by atoms with Crippen LogP contribution in [0.3, 0.4) is 0 Å². The molecule has 2 heterocycles. The van der Waals surface area contributed by atoms with Crippen molar-refractivity contribution in [3.63, 3.8) is 0 Å². The third kappa shape index (κ3) is 9.34. The summed E-state index contributed by atoms with van der Waals surface area (Å²) in [6.45, 7) is 5.12. The summed E-state index contributed by atoms with van der Waals surface area (Å²) in [7, 11) is 1.63. The molecule has 0 bridgehead atoms. The predicted octanol–water partition coefficient (Wildman–Crippen LogP) is 1.99. The molecule has 7 N–H and O–H groups in total. The van der Waals surface area contributed by atoms with E-state index in [1.54, 1.807) is 37.3 Å². The molecule has 0 radical (unpaired) electrons. The fourth-order valence-corrected chi connectivity index (χ4v) is 5.27. The fourth-order valence-electron chi connectivity index (χ4n) is 5.27. The summed E-state index contributed by atoms with van der Waals surface area (Å²) in [5.41, 5.74) is 13.9. The van der Waals surface area contributed by atoms with Crippen molar-refractivity contribution < 1.29 is 28.6 Å². The third-order valence-electron chi connectivity index (χ3n) is 7.77. The summed E-state index contributed by atoms with van der Waals surface area (Å²) in [5.74, 6) is 4.46. The molecule has 2 aliphatic heterocycles. The molecule has 5 unspecified atom stereocenters. The molecule has 1 amide bonds. The first-order valence-corrected chi connectivity index (χ1v) is 14.4. The minimum atomic E-state index is -0.888. The highest BCUT2D eigenvalue weighted by molar-refractivity contribution is 5.98. The number of nitrogens with two attached hydrogens (primary N) is 3. The summed E-state index contributed by atoms with van der Waals surface area (Å²) in [5, 5.41) is 5.02. The first-order chi connectivity index (χ1) is 19.6. The average molecular weight is 575 g/mol. The maximum Gasteiger partial charge on any atom is 0.410 e. The number of hydrogen-bond donors (Lipinski definition) is 4. The minimum absolute atomic E-state index is 0.0665. The zero-order valence-corrected chi connectivity index (χ0v) is 24.4. The molecule has 2 aliphatic rings. The third-order valence-corrected chi connectivity index (χ3v) is 7.77. The molecule has 1 aromatic carbocycles. The second-order valence-corrected chi connectivity index (χ2v) is 10.9. The smallest absolute Gasteiger partial charge is 0.410 e. The number of cyclic esters (lactones) is 1. The fraction of sp³-hybridized carbons (Fsp3) is 0.621. The van der Waals surface area contributed by atoms with E-state index >= 15 is 0 Å². The number of methoxy groups -OCH3 is 1. The quantitative estimate of drug-likeness (QED) is 0.0892. The first kappa shape index (κ1) is 32.2. The largest absolute Gasteiger partial charge is 0.461 e. The average Bonchev–Trinajstić information content (AvgIpc) is 3.26. The normalized spacial score (nSPS) is 26.9. The number of benzene rings is 1. The van der Waals surface area contributed by atoms with Gasteiger partial charge in [-0.2, -0.15) is 0 Å². The Morgan fingerprint density at radius 1 is 1.22 bits per heavy atom. The number of fused-ring (bicyclic) bond motifs is 1. The van der Waals surface area contributed by atoms with Crippen molar-refractivity contribution in [2.45, 2.75) is 76.7 Å². The van der Waals surface area contributed by atoms with Crippen LogP contribution in [0.1, 0.15) is 57.9 Å². The van der Waals surface area contributed by atoms with Crippen LogP contribution >= 0.6 is 0 Å². The predicted molar refractivity (Wildman–Crippen MR) is 156 cm³/mol. The summed E-state index contributed by atoms with van der Waals surface area (Å²) >= 11 is 0. The first-order valence-electron chi connectivity index (χ1n) is 14.4. The lowest BCUT2D eigenvalue weighted by Gasteiger charge is -2.30. The number of amides is 1. The summed E-state index contributed by atoms with van der Waals surface area (Å²) in [6.07, 6.45) is 4.29. The van der Waals surface area contributed by atoms with Gasteiger partial charge in [0.05, 0.1) is 17.8 Å². The molecule has 12 heteroatoms. The van der Waals surface area contributed by atoms with E-state index in [2.05, 4.69) is 5.32 Å². The van der Waals surface area contributed by atoms with Gasteiger partial charge in [0.1, 0.15) is 18.3 Å². The molecule has 0 aliphatic carbocycles. The highest BCUT2D eigenvalue weighted by Gasteiger charge is 2.45. The second-order valence-electron chi connectivity index (χ2n) is 10.9. The molecule has 0 spiro atoms. The lowest BCUT2D eigenvalue weighted by Crippen LogP contribution is -2.52. The molecular weight excluding hydrogens is 528 g/mol. The van der Waals surface area contributed by atoms with Crippen LogP contribution < -0.4 is 22.6 Å². The molecular formula is C29H46N6O6. The number of hydrogen-bond acceptors (Lipinski definition) is 11. The summed E-state index contributed by atoms with van der Waals surface area (Å²) in [6, 6.07) is 6.79. The number of ketones is 1. The number of Topliss-reactive ketones (excluding diaryl/α,β-unsaturated/α-hetero) is 1. The van der Waals surface area contributed by atoms with Crippen molar-refractivity contribution in [3.05, 3.63) is 36.0 Å². The van der Waals surface area contributed by atoms with Crippen LogP contribution in [0.5, 0.6) is 0 Å². The van der Waals surface area contributed by atoms with Crippen LogP contribution in [0.25, 0.3) is 5.70 Å². The van der Waals surface area contributed by atoms with Crippen molar-refractivity contribution >= 4 is 29.2 Å². The molecule has 0 saturated carbocycles. The number of carbonyl (C=O) groups excluding carboxylic acids is 3. The number of carbonyl (C=O) groups is 3. The van der Waals surface area contributed by atoms with E-state index in [1.807, 2.05) is 19.1 Å². The number of rotatable bonds is 8. The van der Waals surface area contributed by atoms with Crippen molar-refractivity contribution in [1.82, 2.24) is 15.2 Å². The van der Waals surface area contributed by atoms with Crippen LogP contribution in [0.2, 0.25) is 0 Å². The van der Waals surface area contributed by atoms with Gasteiger partial charge in [-0.3, -0.25) is 14.5 Å². The molecule has 12 nitrogen and oxygen atoms in total. The Kier molecular flexibility index (Phi) is 12.2. The topological polar surface area (TPSA) is 175 Å². The Bertz CT molecular complexity index is 1070.